The first-order valence-electron chi connectivity index (χ1n) is 5.74. The summed E-state index contributed by atoms with van der Waals surface area (Å²) in [6.45, 7) is 10.6. The highest BCUT2D eigenvalue weighted by Gasteiger charge is 2.47. The van der Waals surface area contributed by atoms with Gasteiger partial charge in [-0.25, -0.2) is 0 Å². The Labute approximate surface area is 113 Å². The molecule has 0 N–H and O–H groups in total. The van der Waals surface area contributed by atoms with E-state index in [-0.39, 0.29) is 5.04 Å². The van der Waals surface area contributed by atoms with Crippen LogP contribution in [0.1, 0.15) is 27.7 Å². The van der Waals surface area contributed by atoms with Crippen LogP contribution in [0.15, 0.2) is 0 Å². The molecule has 0 fully saturated rings. The first-order valence-corrected chi connectivity index (χ1v) is 10.1. The van der Waals surface area contributed by atoms with Crippen LogP contribution >= 0.6 is 0 Å². The molecule has 0 heterocycles. The molecule has 0 aromatic rings. The quantitative estimate of drug-likeness (QED) is 0.443. The van der Waals surface area contributed by atoms with E-state index in [0.717, 1.165) is 0 Å². The second kappa shape index (κ2) is 5.70. The molecule has 0 bridgehead atoms. The first kappa shape index (κ1) is 18.9. The number of rotatable bonds is 5. The smallest absolute Gasteiger partial charge is 0.412 e. The predicted molar refractivity (Wildman–Crippen MR) is 68.7 cm³/mol. The average Bonchev–Trinajstić information content (AvgIpc) is 2.10. The van der Waals surface area contributed by atoms with Crippen LogP contribution in [0, 0.1) is 0 Å². The van der Waals surface area contributed by atoms with Crippen molar-refractivity contribution in [2.24, 2.45) is 0 Å². The van der Waals surface area contributed by atoms with Gasteiger partial charge in [0, 0.05) is 0 Å². The van der Waals surface area contributed by atoms with Gasteiger partial charge in [0.1, 0.15) is 0 Å². The Balaban J connectivity index is 4.56. The van der Waals surface area contributed by atoms with E-state index in [1.807, 2.05) is 33.9 Å². The van der Waals surface area contributed by atoms with Crippen LogP contribution in [0.25, 0.3) is 0 Å². The molecule has 0 aliphatic rings. The summed E-state index contributed by atoms with van der Waals surface area (Å²) in [5, 5.41) is -0.121. The Morgan fingerprint density at radius 1 is 1.16 bits per heavy atom. The molecule has 0 rings (SSSR count). The third-order valence-electron chi connectivity index (χ3n) is 3.04. The van der Waals surface area contributed by atoms with Crippen LogP contribution in [-0.4, -0.2) is 35.0 Å². The zero-order valence-electron chi connectivity index (χ0n) is 12.0. The maximum absolute atomic E-state index is 12.1. The summed E-state index contributed by atoms with van der Waals surface area (Å²) in [5.74, 6) is 0. The molecule has 0 unspecified atom stereocenters. The predicted octanol–water partition coefficient (Wildman–Crippen LogP) is 3.26. The van der Waals surface area contributed by atoms with Crippen molar-refractivity contribution in [2.45, 2.75) is 57.4 Å². The summed E-state index contributed by atoms with van der Waals surface area (Å²) in [4.78, 5) is 0. The van der Waals surface area contributed by atoms with Crippen molar-refractivity contribution in [3.8, 4) is 0 Å². The topological polar surface area (TPSA) is 52.6 Å². The van der Waals surface area contributed by atoms with E-state index >= 15 is 0 Å². The van der Waals surface area contributed by atoms with Crippen molar-refractivity contribution in [1.29, 1.82) is 0 Å². The molecule has 0 amide bonds. The third-order valence-corrected chi connectivity index (χ3v) is 8.66. The van der Waals surface area contributed by atoms with E-state index in [9.17, 15) is 21.6 Å². The van der Waals surface area contributed by atoms with Gasteiger partial charge in [0.15, 0.2) is 8.32 Å². The SMILES string of the molecule is C[C@H](COS(=O)(=O)C(F)(F)F)O[Si](C)(C)C(C)(C)C. The van der Waals surface area contributed by atoms with Crippen LogP contribution in [0.5, 0.6) is 0 Å². The Kier molecular flexibility index (Phi) is 5.67. The second-order valence-corrected chi connectivity index (χ2v) is 12.2. The minimum Gasteiger partial charge on any atom is -0.412 e. The van der Waals surface area contributed by atoms with Gasteiger partial charge in [-0.3, -0.25) is 4.18 Å². The summed E-state index contributed by atoms with van der Waals surface area (Å²) in [6, 6.07) is 0. The second-order valence-electron chi connectivity index (χ2n) is 5.87. The van der Waals surface area contributed by atoms with Crippen molar-refractivity contribution in [2.75, 3.05) is 6.61 Å². The highest BCUT2D eigenvalue weighted by Crippen LogP contribution is 2.37. The molecule has 0 aliphatic carbocycles. The van der Waals surface area contributed by atoms with Crippen molar-refractivity contribution >= 4 is 18.4 Å². The van der Waals surface area contributed by atoms with Gasteiger partial charge in [-0.1, -0.05) is 20.8 Å². The molecular formula is C10H21F3O4SSi. The van der Waals surface area contributed by atoms with E-state index in [2.05, 4.69) is 4.18 Å². The molecule has 0 aromatic carbocycles. The van der Waals surface area contributed by atoms with Crippen LogP contribution in [0.3, 0.4) is 0 Å². The van der Waals surface area contributed by atoms with E-state index < -0.39 is 36.7 Å². The summed E-state index contributed by atoms with van der Waals surface area (Å²) >= 11 is 0. The van der Waals surface area contributed by atoms with Gasteiger partial charge in [0.05, 0.1) is 12.7 Å². The molecule has 1 atom stereocenters. The van der Waals surface area contributed by atoms with E-state index in [1.165, 1.54) is 6.92 Å². The van der Waals surface area contributed by atoms with Gasteiger partial charge in [0.2, 0.25) is 0 Å². The van der Waals surface area contributed by atoms with Crippen molar-refractivity contribution < 1.29 is 30.2 Å². The number of hydrogen-bond acceptors (Lipinski definition) is 4. The standard InChI is InChI=1S/C10H21F3O4SSi/c1-8(17-19(5,6)9(2,3)4)7-16-18(14,15)10(11,12)13/h8H,7H2,1-6H3/t8-/m1/s1. The lowest BCUT2D eigenvalue weighted by Gasteiger charge is -2.38. The van der Waals surface area contributed by atoms with Gasteiger partial charge in [-0.2, -0.15) is 21.6 Å². The normalized spacial score (nSPS) is 16.5. The Hall–Kier alpha value is -0.123. The van der Waals surface area contributed by atoms with Gasteiger partial charge < -0.3 is 4.43 Å². The average molecular weight is 322 g/mol. The summed E-state index contributed by atoms with van der Waals surface area (Å²) < 4.78 is 67.3. The molecule has 0 saturated heterocycles. The maximum atomic E-state index is 12.1. The molecule has 19 heavy (non-hydrogen) atoms. The van der Waals surface area contributed by atoms with E-state index in [4.69, 9.17) is 4.43 Å². The van der Waals surface area contributed by atoms with Crippen LogP contribution < -0.4 is 0 Å². The molecule has 4 nitrogen and oxygen atoms in total. The molecular weight excluding hydrogens is 301 g/mol. The molecule has 0 spiro atoms. The summed E-state index contributed by atoms with van der Waals surface area (Å²) in [6.07, 6.45) is -0.724. The lowest BCUT2D eigenvalue weighted by Crippen LogP contribution is -2.44. The van der Waals surface area contributed by atoms with Crippen molar-refractivity contribution in [3.05, 3.63) is 0 Å². The van der Waals surface area contributed by atoms with Gasteiger partial charge in [0.25, 0.3) is 0 Å². The summed E-state index contributed by atoms with van der Waals surface area (Å²) in [5.41, 5.74) is -5.40. The van der Waals surface area contributed by atoms with Crippen LogP contribution in [0.4, 0.5) is 13.2 Å². The summed E-state index contributed by atoms with van der Waals surface area (Å²) in [7, 11) is -7.71. The van der Waals surface area contributed by atoms with Gasteiger partial charge in [-0.05, 0) is 25.1 Å². The maximum Gasteiger partial charge on any atom is 0.523 e. The lowest BCUT2D eigenvalue weighted by molar-refractivity contribution is -0.0558. The molecule has 9 heteroatoms. The fourth-order valence-electron chi connectivity index (χ4n) is 0.966. The minimum absolute atomic E-state index is 0.121. The third kappa shape index (κ3) is 5.40. The Morgan fingerprint density at radius 3 is 1.89 bits per heavy atom. The molecule has 116 valence electrons. The molecule has 0 aliphatic heterocycles. The van der Waals surface area contributed by atoms with Crippen molar-refractivity contribution in [1.82, 2.24) is 0 Å². The van der Waals surface area contributed by atoms with E-state index in [0.29, 0.717) is 0 Å². The number of hydrogen-bond donors (Lipinski definition) is 0. The first-order chi connectivity index (χ1) is 8.10. The van der Waals surface area contributed by atoms with Crippen molar-refractivity contribution in [3.63, 3.8) is 0 Å². The fourth-order valence-corrected chi connectivity index (χ4v) is 2.90. The number of halogens is 3. The monoisotopic (exact) mass is 322 g/mol. The highest BCUT2D eigenvalue weighted by atomic mass is 32.2. The highest BCUT2D eigenvalue weighted by molar-refractivity contribution is 7.87. The minimum atomic E-state index is -5.55. The molecule has 0 saturated carbocycles. The van der Waals surface area contributed by atoms with Gasteiger partial charge >= 0.3 is 15.6 Å². The molecule has 0 aromatic heterocycles. The zero-order valence-corrected chi connectivity index (χ0v) is 13.8. The Morgan fingerprint density at radius 2 is 1.58 bits per heavy atom. The van der Waals surface area contributed by atoms with Gasteiger partial charge in [-0.15, -0.1) is 0 Å². The van der Waals surface area contributed by atoms with Crippen LogP contribution in [0.2, 0.25) is 18.1 Å². The van der Waals surface area contributed by atoms with Crippen LogP contribution in [-0.2, 0) is 18.7 Å². The Bertz CT molecular complexity index is 398. The fraction of sp³-hybridized carbons (Fsp3) is 1.00. The van der Waals surface area contributed by atoms with E-state index in [1.54, 1.807) is 0 Å². The largest absolute Gasteiger partial charge is 0.523 e. The zero-order chi connectivity index (χ0) is 15.7. The molecule has 0 radical (unpaired) electrons. The number of alkyl halides is 3. The lowest BCUT2D eigenvalue weighted by atomic mass is 10.2.